The molecule has 4 aromatic rings. The fraction of sp³-hybridized carbons (Fsp3) is 0.273. The highest BCUT2D eigenvalue weighted by atomic mass is 32.2. The lowest BCUT2D eigenvalue weighted by Gasteiger charge is -2.08. The fourth-order valence-corrected chi connectivity index (χ4v) is 5.38. The topological polar surface area (TPSA) is 92.7 Å². The maximum absolute atomic E-state index is 12.7. The van der Waals surface area contributed by atoms with Crippen LogP contribution in [0, 0.1) is 0 Å². The van der Waals surface area contributed by atoms with Crippen LogP contribution in [0.1, 0.15) is 40.4 Å². The molecule has 31 heavy (non-hydrogen) atoms. The number of para-hydroxylation sites is 1. The van der Waals surface area contributed by atoms with Gasteiger partial charge >= 0.3 is 0 Å². The highest BCUT2D eigenvalue weighted by Crippen LogP contribution is 2.42. The molecule has 7 nitrogen and oxygen atoms in total. The number of ketones is 1. The van der Waals surface area contributed by atoms with Gasteiger partial charge in [-0.3, -0.25) is 14.2 Å². The molecule has 1 aliphatic carbocycles. The van der Waals surface area contributed by atoms with Crippen molar-refractivity contribution in [3.8, 4) is 11.4 Å². The number of thioether (sulfide) groups is 1. The first-order valence-electron chi connectivity index (χ1n) is 10.1. The molecule has 0 radical (unpaired) electrons. The van der Waals surface area contributed by atoms with Gasteiger partial charge in [-0.1, -0.05) is 30.0 Å². The van der Waals surface area contributed by atoms with E-state index in [0.29, 0.717) is 23.2 Å². The van der Waals surface area contributed by atoms with E-state index in [9.17, 15) is 9.59 Å². The zero-order valence-corrected chi connectivity index (χ0v) is 18.6. The summed E-state index contributed by atoms with van der Waals surface area (Å²) < 4.78 is 2.18. The molecule has 3 aromatic heterocycles. The highest BCUT2D eigenvalue weighted by Gasteiger charge is 2.31. The number of Topliss-reactive ketones (excluding diaryl/α,β-unsaturated/α-hetero) is 1. The Hall–Kier alpha value is -2.91. The largest absolute Gasteiger partial charge is 0.360 e. The van der Waals surface area contributed by atoms with E-state index in [1.54, 1.807) is 0 Å². The number of nitrogens with zero attached hydrogens (tertiary/aromatic N) is 3. The molecule has 9 heteroatoms. The van der Waals surface area contributed by atoms with Gasteiger partial charge in [0.1, 0.15) is 0 Å². The lowest BCUT2D eigenvalue weighted by molar-refractivity contribution is -0.119. The number of aromatic amines is 1. The zero-order valence-electron chi connectivity index (χ0n) is 16.9. The van der Waals surface area contributed by atoms with Gasteiger partial charge in [-0.2, -0.15) is 0 Å². The van der Waals surface area contributed by atoms with Crippen molar-refractivity contribution in [2.45, 2.75) is 37.5 Å². The Labute approximate surface area is 187 Å². The number of hydrogen-bond acceptors (Lipinski definition) is 6. The van der Waals surface area contributed by atoms with Crippen molar-refractivity contribution in [2.24, 2.45) is 0 Å². The summed E-state index contributed by atoms with van der Waals surface area (Å²) in [6, 6.07) is 12.3. The average Bonchev–Trinajstić information content (AvgIpc) is 3.17. The van der Waals surface area contributed by atoms with E-state index < -0.39 is 0 Å². The molecule has 0 saturated heterocycles. The van der Waals surface area contributed by atoms with Crippen LogP contribution in [0.5, 0.6) is 0 Å². The van der Waals surface area contributed by atoms with Crippen molar-refractivity contribution >= 4 is 45.7 Å². The third kappa shape index (κ3) is 4.15. The molecule has 0 unspecified atom stereocenters. The predicted molar refractivity (Wildman–Crippen MR) is 122 cm³/mol. The molecule has 1 aliphatic rings. The van der Waals surface area contributed by atoms with Crippen LogP contribution in [0.25, 0.3) is 22.3 Å². The molecule has 5 rings (SSSR count). The molecular formula is C22H21N5O2S2. The summed E-state index contributed by atoms with van der Waals surface area (Å²) in [7, 11) is 0. The number of H-pyrrole nitrogens is 1. The molecule has 1 fully saturated rings. The third-order valence-electron chi connectivity index (χ3n) is 5.19. The number of aromatic nitrogens is 4. The molecule has 0 spiro atoms. The van der Waals surface area contributed by atoms with Crippen LogP contribution in [0.2, 0.25) is 0 Å². The maximum Gasteiger partial charge on any atom is 0.217 e. The number of thiophene rings is 1. The SMILES string of the molecule is CC(=O)NCc1ccc(C(=O)CSc2nnc(-c3c[nH]c4ccccc34)n2C2CC2)s1. The molecule has 0 atom stereocenters. The van der Waals surface area contributed by atoms with E-state index in [1.807, 2.05) is 36.5 Å². The number of carbonyl (C=O) groups excluding carboxylic acids is 2. The summed E-state index contributed by atoms with van der Waals surface area (Å²) in [5.41, 5.74) is 2.11. The molecule has 3 heterocycles. The van der Waals surface area contributed by atoms with Gasteiger partial charge in [-0.05, 0) is 31.0 Å². The number of fused-ring (bicyclic) bond motifs is 1. The monoisotopic (exact) mass is 451 g/mol. The maximum atomic E-state index is 12.7. The average molecular weight is 452 g/mol. The van der Waals surface area contributed by atoms with Crippen molar-refractivity contribution < 1.29 is 9.59 Å². The minimum atomic E-state index is -0.0813. The molecule has 2 N–H and O–H groups in total. The minimum Gasteiger partial charge on any atom is -0.360 e. The van der Waals surface area contributed by atoms with Crippen molar-refractivity contribution in [3.63, 3.8) is 0 Å². The first-order valence-corrected chi connectivity index (χ1v) is 11.9. The molecular weight excluding hydrogens is 430 g/mol. The normalized spacial score (nSPS) is 13.6. The van der Waals surface area contributed by atoms with Crippen LogP contribution in [-0.4, -0.2) is 37.2 Å². The van der Waals surface area contributed by atoms with E-state index in [0.717, 1.165) is 45.2 Å². The van der Waals surface area contributed by atoms with E-state index in [1.165, 1.54) is 30.0 Å². The molecule has 0 aliphatic heterocycles. The molecule has 0 bridgehead atoms. The van der Waals surface area contributed by atoms with Crippen LogP contribution in [0.15, 0.2) is 47.8 Å². The van der Waals surface area contributed by atoms with Crippen molar-refractivity contribution in [1.29, 1.82) is 0 Å². The van der Waals surface area contributed by atoms with Gasteiger partial charge in [-0.25, -0.2) is 0 Å². The van der Waals surface area contributed by atoms with E-state index >= 15 is 0 Å². The molecule has 1 aromatic carbocycles. The van der Waals surface area contributed by atoms with Gasteiger partial charge in [0, 0.05) is 40.5 Å². The van der Waals surface area contributed by atoms with Gasteiger partial charge in [0.25, 0.3) is 0 Å². The highest BCUT2D eigenvalue weighted by molar-refractivity contribution is 7.99. The van der Waals surface area contributed by atoms with Crippen molar-refractivity contribution in [1.82, 2.24) is 25.1 Å². The second-order valence-corrected chi connectivity index (χ2v) is 9.65. The zero-order chi connectivity index (χ0) is 21.4. The smallest absolute Gasteiger partial charge is 0.217 e. The van der Waals surface area contributed by atoms with E-state index in [4.69, 9.17) is 0 Å². The van der Waals surface area contributed by atoms with Crippen LogP contribution < -0.4 is 5.32 Å². The quantitative estimate of drug-likeness (QED) is 0.305. The van der Waals surface area contributed by atoms with Crippen molar-refractivity contribution in [2.75, 3.05) is 5.75 Å². The summed E-state index contributed by atoms with van der Waals surface area (Å²) in [4.78, 5) is 28.8. The Balaban J connectivity index is 1.34. The van der Waals surface area contributed by atoms with Crippen molar-refractivity contribution in [3.05, 3.63) is 52.3 Å². The van der Waals surface area contributed by atoms with Gasteiger partial charge in [0.05, 0.1) is 17.2 Å². The standard InChI is InChI=1S/C22H21N5O2S2/c1-13(28)23-10-15-8-9-20(31-15)19(29)12-30-22-26-25-21(27(22)14-6-7-14)17-11-24-18-5-3-2-4-16(17)18/h2-5,8-9,11,14,24H,6-7,10,12H2,1H3,(H,23,28). The predicted octanol–water partition coefficient (Wildman–Crippen LogP) is 4.43. The summed E-state index contributed by atoms with van der Waals surface area (Å²) in [6.07, 6.45) is 4.19. The lowest BCUT2D eigenvalue weighted by atomic mass is 10.1. The summed E-state index contributed by atoms with van der Waals surface area (Å²) in [6.45, 7) is 1.93. The summed E-state index contributed by atoms with van der Waals surface area (Å²) >= 11 is 2.86. The van der Waals surface area contributed by atoms with E-state index in [2.05, 4.69) is 31.1 Å². The molecule has 158 valence electrons. The minimum absolute atomic E-state index is 0.0584. The Morgan fingerprint density at radius 2 is 2.06 bits per heavy atom. The number of hydrogen-bond donors (Lipinski definition) is 2. The number of amides is 1. The van der Waals surface area contributed by atoms with Crippen LogP contribution in [0.3, 0.4) is 0 Å². The Morgan fingerprint density at radius 1 is 1.23 bits per heavy atom. The first kappa shape index (κ1) is 20.0. The van der Waals surface area contributed by atoms with Crippen LogP contribution in [0.4, 0.5) is 0 Å². The van der Waals surface area contributed by atoms with Gasteiger partial charge in [-0.15, -0.1) is 21.5 Å². The number of rotatable bonds is 8. The second kappa shape index (κ2) is 8.32. The van der Waals surface area contributed by atoms with Crippen LogP contribution in [-0.2, 0) is 11.3 Å². The Bertz CT molecular complexity index is 1270. The van der Waals surface area contributed by atoms with E-state index in [-0.39, 0.29) is 11.7 Å². The van der Waals surface area contributed by atoms with Crippen LogP contribution >= 0.6 is 23.1 Å². The molecule has 1 saturated carbocycles. The number of carbonyl (C=O) groups is 2. The number of nitrogens with one attached hydrogen (secondary N) is 2. The fourth-order valence-electron chi connectivity index (χ4n) is 3.51. The Kier molecular flexibility index (Phi) is 5.37. The summed E-state index contributed by atoms with van der Waals surface area (Å²) in [5, 5.41) is 13.6. The van der Waals surface area contributed by atoms with Gasteiger partial charge in [0.15, 0.2) is 16.8 Å². The number of benzene rings is 1. The third-order valence-corrected chi connectivity index (χ3v) is 7.26. The first-order chi connectivity index (χ1) is 15.1. The lowest BCUT2D eigenvalue weighted by Crippen LogP contribution is -2.18. The molecule has 1 amide bonds. The summed E-state index contributed by atoms with van der Waals surface area (Å²) in [5.74, 6) is 1.13. The second-order valence-electron chi connectivity index (χ2n) is 7.54. The van der Waals surface area contributed by atoms with Gasteiger partial charge < -0.3 is 10.3 Å². The Morgan fingerprint density at radius 3 is 2.87 bits per heavy atom. The van der Waals surface area contributed by atoms with Gasteiger partial charge in [0.2, 0.25) is 5.91 Å².